The lowest BCUT2D eigenvalue weighted by molar-refractivity contribution is -0.126. The van der Waals surface area contributed by atoms with Crippen molar-refractivity contribution in [1.29, 1.82) is 0 Å². The molecule has 18 heavy (non-hydrogen) atoms. The number of carbonyl (C=O) groups is 1. The fourth-order valence-corrected chi connectivity index (χ4v) is 1.77. The molecule has 0 heterocycles. The Morgan fingerprint density at radius 3 is 2.61 bits per heavy atom. The quantitative estimate of drug-likeness (QED) is 0.472. The molecule has 0 saturated heterocycles. The maximum Gasteiger partial charge on any atom is 0.238 e. The van der Waals surface area contributed by atoms with Crippen molar-refractivity contribution in [2.24, 2.45) is 11.8 Å². The van der Waals surface area contributed by atoms with Crippen molar-refractivity contribution < 1.29 is 9.18 Å². The van der Waals surface area contributed by atoms with Gasteiger partial charge in [0.25, 0.3) is 0 Å². The molecule has 0 aliphatic heterocycles. The van der Waals surface area contributed by atoms with Crippen molar-refractivity contribution >= 4 is 5.91 Å². The molecule has 1 aromatic rings. The third-order valence-electron chi connectivity index (χ3n) is 3.35. The topological polar surface area (TPSA) is 58.4 Å². The lowest BCUT2D eigenvalue weighted by atomic mass is 10.0. The average Bonchev–Trinajstić information content (AvgIpc) is 2.38. The van der Waals surface area contributed by atoms with Gasteiger partial charge < -0.3 is 0 Å². The molecule has 1 aromatic carbocycles. The lowest BCUT2D eigenvalue weighted by Gasteiger charge is -2.28. The normalized spacial score (nSPS) is 14.3. The van der Waals surface area contributed by atoms with Gasteiger partial charge in [0.15, 0.2) is 0 Å². The molecule has 0 aromatic heterocycles. The Kier molecular flexibility index (Phi) is 5.25. The van der Waals surface area contributed by atoms with Crippen LogP contribution >= 0.6 is 0 Å². The number of hydrogen-bond donors (Lipinski definition) is 2. The maximum atomic E-state index is 13.5. The number of carbonyl (C=O) groups excluding carboxylic acids is 1. The van der Waals surface area contributed by atoms with Gasteiger partial charge in [-0.1, -0.05) is 25.1 Å². The van der Waals surface area contributed by atoms with Crippen LogP contribution in [0.1, 0.15) is 19.4 Å². The molecule has 4 nitrogen and oxygen atoms in total. The maximum absolute atomic E-state index is 13.5. The molecule has 1 amide bonds. The Morgan fingerprint density at radius 1 is 1.44 bits per heavy atom. The highest BCUT2D eigenvalue weighted by Gasteiger charge is 2.23. The van der Waals surface area contributed by atoms with E-state index in [1.54, 1.807) is 25.1 Å². The Labute approximate surface area is 107 Å². The van der Waals surface area contributed by atoms with E-state index in [0.717, 1.165) is 0 Å². The van der Waals surface area contributed by atoms with Gasteiger partial charge in [0.1, 0.15) is 5.82 Å². The molecule has 0 fully saturated rings. The number of nitrogens with zero attached hydrogens (tertiary/aromatic N) is 1. The number of nitrogens with two attached hydrogens (primary N) is 1. The summed E-state index contributed by atoms with van der Waals surface area (Å²) in [5.74, 6) is 4.40. The van der Waals surface area contributed by atoms with Gasteiger partial charge in [0.05, 0.1) is 5.92 Å². The highest BCUT2D eigenvalue weighted by atomic mass is 19.1. The van der Waals surface area contributed by atoms with Crippen molar-refractivity contribution in [3.05, 3.63) is 35.6 Å². The molecule has 0 saturated carbocycles. The van der Waals surface area contributed by atoms with E-state index in [4.69, 9.17) is 5.84 Å². The van der Waals surface area contributed by atoms with Crippen LogP contribution in [0.25, 0.3) is 0 Å². The summed E-state index contributed by atoms with van der Waals surface area (Å²) < 4.78 is 13.5. The predicted octanol–water partition coefficient (Wildman–Crippen LogP) is 1.27. The van der Waals surface area contributed by atoms with Crippen LogP contribution in [-0.2, 0) is 11.3 Å². The number of rotatable bonds is 5. The van der Waals surface area contributed by atoms with Crippen molar-refractivity contribution in [3.63, 3.8) is 0 Å². The van der Waals surface area contributed by atoms with E-state index in [0.29, 0.717) is 12.1 Å². The average molecular weight is 253 g/mol. The molecule has 0 radical (unpaired) electrons. The molecule has 5 heteroatoms. The van der Waals surface area contributed by atoms with E-state index < -0.39 is 0 Å². The fourth-order valence-electron chi connectivity index (χ4n) is 1.77. The van der Waals surface area contributed by atoms with Gasteiger partial charge in [0.2, 0.25) is 5.91 Å². The van der Waals surface area contributed by atoms with E-state index in [2.05, 4.69) is 5.43 Å². The Bertz CT molecular complexity index is 411. The van der Waals surface area contributed by atoms with E-state index >= 15 is 0 Å². The number of halogens is 1. The van der Waals surface area contributed by atoms with Crippen LogP contribution < -0.4 is 11.3 Å². The number of benzene rings is 1. The number of amides is 1. The highest BCUT2D eigenvalue weighted by Crippen LogP contribution is 2.15. The van der Waals surface area contributed by atoms with Gasteiger partial charge in [-0.3, -0.25) is 15.1 Å². The summed E-state index contributed by atoms with van der Waals surface area (Å²) in [6.07, 6.45) is 0. The summed E-state index contributed by atoms with van der Waals surface area (Å²) in [5, 5.41) is 0. The molecular weight excluding hydrogens is 233 g/mol. The van der Waals surface area contributed by atoms with Gasteiger partial charge in [0, 0.05) is 18.2 Å². The molecule has 100 valence electrons. The van der Waals surface area contributed by atoms with Crippen LogP contribution in [0.2, 0.25) is 0 Å². The van der Waals surface area contributed by atoms with Gasteiger partial charge in [-0.15, -0.1) is 0 Å². The summed E-state index contributed by atoms with van der Waals surface area (Å²) in [7, 11) is 1.86. The SMILES string of the molecule is CC(C(=O)NN)C(C)N(C)Cc1ccccc1F. The third-order valence-corrected chi connectivity index (χ3v) is 3.35. The zero-order valence-corrected chi connectivity index (χ0v) is 11.0. The molecule has 0 spiro atoms. The summed E-state index contributed by atoms with van der Waals surface area (Å²) in [6.45, 7) is 4.17. The zero-order chi connectivity index (χ0) is 13.7. The number of hydrazine groups is 1. The van der Waals surface area contributed by atoms with Gasteiger partial charge in [-0.05, 0) is 20.0 Å². The van der Waals surface area contributed by atoms with Crippen molar-refractivity contribution in [2.75, 3.05) is 7.05 Å². The monoisotopic (exact) mass is 253 g/mol. The van der Waals surface area contributed by atoms with E-state index in [-0.39, 0.29) is 23.7 Å². The predicted molar refractivity (Wildman–Crippen MR) is 68.8 cm³/mol. The standard InChI is InChI=1S/C13H20FN3O/c1-9(13(18)16-15)10(2)17(3)8-11-6-4-5-7-12(11)14/h4-7,9-10H,8,15H2,1-3H3,(H,16,18). The Morgan fingerprint density at radius 2 is 2.06 bits per heavy atom. The molecule has 2 atom stereocenters. The first-order chi connectivity index (χ1) is 8.47. The summed E-state index contributed by atoms with van der Waals surface area (Å²) in [4.78, 5) is 13.4. The van der Waals surface area contributed by atoms with Crippen molar-refractivity contribution in [3.8, 4) is 0 Å². The molecule has 1 rings (SSSR count). The largest absolute Gasteiger partial charge is 0.299 e. The fraction of sp³-hybridized carbons (Fsp3) is 0.462. The Balaban J connectivity index is 2.68. The first-order valence-corrected chi connectivity index (χ1v) is 5.91. The second kappa shape index (κ2) is 6.47. The lowest BCUT2D eigenvalue weighted by Crippen LogP contribution is -2.44. The smallest absolute Gasteiger partial charge is 0.238 e. The van der Waals surface area contributed by atoms with Crippen LogP contribution in [0.3, 0.4) is 0 Å². The summed E-state index contributed by atoms with van der Waals surface area (Å²) >= 11 is 0. The van der Waals surface area contributed by atoms with Crippen molar-refractivity contribution in [1.82, 2.24) is 10.3 Å². The minimum absolute atomic E-state index is 0.0341. The molecule has 3 N–H and O–H groups in total. The minimum atomic E-state index is -0.258. The Hall–Kier alpha value is -1.46. The van der Waals surface area contributed by atoms with E-state index in [1.165, 1.54) is 6.07 Å². The zero-order valence-electron chi connectivity index (χ0n) is 11.0. The first-order valence-electron chi connectivity index (χ1n) is 5.91. The number of hydrogen-bond acceptors (Lipinski definition) is 3. The van der Waals surface area contributed by atoms with Crippen LogP contribution in [0.4, 0.5) is 4.39 Å². The van der Waals surface area contributed by atoms with E-state index in [9.17, 15) is 9.18 Å². The second-order valence-electron chi connectivity index (χ2n) is 4.54. The molecular formula is C13H20FN3O. The third kappa shape index (κ3) is 3.51. The van der Waals surface area contributed by atoms with Crippen molar-refractivity contribution in [2.45, 2.75) is 26.4 Å². The van der Waals surface area contributed by atoms with Crippen LogP contribution in [0.15, 0.2) is 24.3 Å². The van der Waals surface area contributed by atoms with Crippen LogP contribution in [0, 0.1) is 11.7 Å². The summed E-state index contributed by atoms with van der Waals surface area (Å²) in [6, 6.07) is 6.60. The summed E-state index contributed by atoms with van der Waals surface area (Å²) in [5.41, 5.74) is 2.75. The molecule has 2 unspecified atom stereocenters. The van der Waals surface area contributed by atoms with E-state index in [1.807, 2.05) is 18.9 Å². The minimum Gasteiger partial charge on any atom is -0.299 e. The van der Waals surface area contributed by atoms with Crippen LogP contribution in [0.5, 0.6) is 0 Å². The van der Waals surface area contributed by atoms with Crippen LogP contribution in [-0.4, -0.2) is 23.9 Å². The van der Waals surface area contributed by atoms with Gasteiger partial charge in [-0.2, -0.15) is 0 Å². The second-order valence-corrected chi connectivity index (χ2v) is 4.54. The molecule has 0 aliphatic rings. The van der Waals surface area contributed by atoms with Gasteiger partial charge in [-0.25, -0.2) is 10.2 Å². The molecule has 0 bridgehead atoms. The molecule has 0 aliphatic carbocycles. The van der Waals surface area contributed by atoms with Gasteiger partial charge >= 0.3 is 0 Å². The first kappa shape index (κ1) is 14.6. The highest BCUT2D eigenvalue weighted by molar-refractivity contribution is 5.78. The number of nitrogens with one attached hydrogen (secondary N) is 1.